The van der Waals surface area contributed by atoms with Gasteiger partial charge in [-0.1, -0.05) is 30.3 Å². The zero-order valence-corrected chi connectivity index (χ0v) is 16.6. The molecule has 0 radical (unpaired) electrons. The minimum absolute atomic E-state index is 0.107. The van der Waals surface area contributed by atoms with E-state index >= 15 is 0 Å². The molecule has 0 aliphatic carbocycles. The molecule has 4 atom stereocenters. The molecule has 2 aliphatic rings. The molecule has 3 N–H and O–H groups in total. The van der Waals surface area contributed by atoms with Crippen molar-refractivity contribution in [3.8, 4) is 0 Å². The van der Waals surface area contributed by atoms with Gasteiger partial charge in [0.25, 0.3) is 0 Å². The summed E-state index contributed by atoms with van der Waals surface area (Å²) in [4.78, 5) is 4.55. The second-order valence-electron chi connectivity index (χ2n) is 8.08. The van der Waals surface area contributed by atoms with Crippen molar-refractivity contribution in [3.63, 3.8) is 0 Å². The fourth-order valence-electron chi connectivity index (χ4n) is 4.28. The van der Waals surface area contributed by atoms with Gasteiger partial charge in [0.05, 0.1) is 18.8 Å². The van der Waals surface area contributed by atoms with Crippen LogP contribution in [0.25, 0.3) is 0 Å². The largest absolute Gasteiger partial charge is 0.394 e. The van der Waals surface area contributed by atoms with Crippen molar-refractivity contribution < 1.29 is 14.9 Å². The molecule has 2 aliphatic heterocycles. The molecule has 1 aromatic carbocycles. The highest BCUT2D eigenvalue weighted by Gasteiger charge is 2.45. The van der Waals surface area contributed by atoms with E-state index in [1.165, 1.54) is 5.56 Å². The maximum Gasteiger partial charge on any atom is 0.109 e. The predicted octanol–water partition coefficient (Wildman–Crippen LogP) is 0.334. The van der Waals surface area contributed by atoms with Crippen molar-refractivity contribution in [2.75, 3.05) is 46.9 Å². The van der Waals surface area contributed by atoms with Gasteiger partial charge < -0.3 is 25.2 Å². The van der Waals surface area contributed by atoms with Crippen LogP contribution in [0.5, 0.6) is 0 Å². The standard InChI is InChI=1S/C21H35N3O3/c1-23-11-9-17(10-12-23)22-14-18-20(21(26)19(15-25)27-18)24(2)13-8-16-6-4-3-5-7-16/h3-7,17-22,25-26H,8-15H2,1-2H3/t18-,19+,20+,21-/m1/s1. The third kappa shape index (κ3) is 5.50. The lowest BCUT2D eigenvalue weighted by Gasteiger charge is -2.33. The zero-order chi connectivity index (χ0) is 19.2. The summed E-state index contributed by atoms with van der Waals surface area (Å²) in [7, 11) is 4.21. The highest BCUT2D eigenvalue weighted by atomic mass is 16.5. The smallest absolute Gasteiger partial charge is 0.109 e. The Hall–Kier alpha value is -1.02. The lowest BCUT2D eigenvalue weighted by Crippen LogP contribution is -2.51. The number of nitrogens with one attached hydrogen (secondary N) is 1. The van der Waals surface area contributed by atoms with Crippen LogP contribution < -0.4 is 5.32 Å². The Morgan fingerprint density at radius 1 is 1.19 bits per heavy atom. The van der Waals surface area contributed by atoms with Crippen LogP contribution in [0.4, 0.5) is 0 Å². The molecule has 0 spiro atoms. The molecule has 3 rings (SSSR count). The molecule has 0 bridgehead atoms. The van der Waals surface area contributed by atoms with Gasteiger partial charge in [-0.05, 0) is 52.0 Å². The molecule has 2 saturated heterocycles. The first-order valence-corrected chi connectivity index (χ1v) is 10.2. The molecule has 1 aromatic rings. The summed E-state index contributed by atoms with van der Waals surface area (Å²) >= 11 is 0. The van der Waals surface area contributed by atoms with Crippen LogP contribution >= 0.6 is 0 Å². The van der Waals surface area contributed by atoms with Crippen LogP contribution in [0.1, 0.15) is 18.4 Å². The van der Waals surface area contributed by atoms with Gasteiger partial charge in [-0.2, -0.15) is 0 Å². The molecular formula is C21H35N3O3. The molecule has 2 heterocycles. The molecule has 0 saturated carbocycles. The molecule has 0 amide bonds. The first kappa shape index (κ1) is 20.7. The third-order valence-corrected chi connectivity index (χ3v) is 6.07. The van der Waals surface area contributed by atoms with Crippen LogP contribution in [0, 0.1) is 0 Å². The Kier molecular flexibility index (Phi) is 7.64. The number of benzene rings is 1. The SMILES string of the molecule is CN1CCC(NC[C@H]2O[C@@H](CO)[C@@H](O)[C@H]2N(C)CCc2ccccc2)CC1. The fourth-order valence-corrected chi connectivity index (χ4v) is 4.28. The molecule has 0 aromatic heterocycles. The van der Waals surface area contributed by atoms with Crippen molar-refractivity contribution in [2.24, 2.45) is 0 Å². The van der Waals surface area contributed by atoms with E-state index in [-0.39, 0.29) is 18.8 Å². The Bertz CT molecular complexity index is 551. The summed E-state index contributed by atoms with van der Waals surface area (Å²) in [6.07, 6.45) is 1.93. The summed E-state index contributed by atoms with van der Waals surface area (Å²) in [6.45, 7) is 3.64. The van der Waals surface area contributed by atoms with Gasteiger partial charge in [0.15, 0.2) is 0 Å². The highest BCUT2D eigenvalue weighted by molar-refractivity contribution is 5.15. The van der Waals surface area contributed by atoms with E-state index in [9.17, 15) is 10.2 Å². The number of rotatable bonds is 8. The number of ether oxygens (including phenoxy) is 1. The van der Waals surface area contributed by atoms with Crippen molar-refractivity contribution in [2.45, 2.75) is 49.7 Å². The Morgan fingerprint density at radius 2 is 1.89 bits per heavy atom. The number of piperidine rings is 1. The fraction of sp³-hybridized carbons (Fsp3) is 0.714. The number of nitrogens with zero attached hydrogens (tertiary/aromatic N) is 2. The number of hydrogen-bond donors (Lipinski definition) is 3. The summed E-state index contributed by atoms with van der Waals surface area (Å²) in [6, 6.07) is 10.8. The molecule has 0 unspecified atom stereocenters. The summed E-state index contributed by atoms with van der Waals surface area (Å²) in [5.41, 5.74) is 1.29. The van der Waals surface area contributed by atoms with Crippen molar-refractivity contribution >= 4 is 0 Å². The van der Waals surface area contributed by atoms with Gasteiger partial charge in [-0.25, -0.2) is 0 Å². The minimum Gasteiger partial charge on any atom is -0.394 e. The number of hydrogen-bond acceptors (Lipinski definition) is 6. The van der Waals surface area contributed by atoms with Crippen LogP contribution in [-0.2, 0) is 11.2 Å². The Labute approximate surface area is 163 Å². The van der Waals surface area contributed by atoms with E-state index in [2.05, 4.69) is 46.4 Å². The second-order valence-corrected chi connectivity index (χ2v) is 8.08. The Balaban J connectivity index is 1.55. The quantitative estimate of drug-likeness (QED) is 0.607. The van der Waals surface area contributed by atoms with Crippen LogP contribution in [0.2, 0.25) is 0 Å². The van der Waals surface area contributed by atoms with E-state index < -0.39 is 12.2 Å². The third-order valence-electron chi connectivity index (χ3n) is 6.07. The van der Waals surface area contributed by atoms with Gasteiger partial charge in [0.1, 0.15) is 12.2 Å². The van der Waals surface area contributed by atoms with E-state index in [4.69, 9.17) is 4.74 Å². The number of likely N-dealkylation sites (tertiary alicyclic amines) is 1. The first-order valence-electron chi connectivity index (χ1n) is 10.2. The first-order chi connectivity index (χ1) is 13.1. The summed E-state index contributed by atoms with van der Waals surface area (Å²) in [5, 5.41) is 23.9. The summed E-state index contributed by atoms with van der Waals surface area (Å²) < 4.78 is 6.01. The van der Waals surface area contributed by atoms with Crippen LogP contribution in [-0.4, -0.2) is 97.3 Å². The van der Waals surface area contributed by atoms with Crippen molar-refractivity contribution in [1.29, 1.82) is 0 Å². The average Bonchev–Trinajstić information content (AvgIpc) is 3.02. The van der Waals surface area contributed by atoms with Gasteiger partial charge in [-0.15, -0.1) is 0 Å². The van der Waals surface area contributed by atoms with Gasteiger partial charge in [-0.3, -0.25) is 4.90 Å². The maximum absolute atomic E-state index is 10.7. The number of aliphatic hydroxyl groups is 2. The molecule has 152 valence electrons. The zero-order valence-electron chi connectivity index (χ0n) is 16.6. The van der Waals surface area contributed by atoms with Crippen LogP contribution in [0.3, 0.4) is 0 Å². The van der Waals surface area contributed by atoms with Gasteiger partial charge >= 0.3 is 0 Å². The van der Waals surface area contributed by atoms with Crippen molar-refractivity contribution in [3.05, 3.63) is 35.9 Å². The van der Waals surface area contributed by atoms with Gasteiger partial charge in [0.2, 0.25) is 0 Å². The minimum atomic E-state index is -0.667. The molecule has 27 heavy (non-hydrogen) atoms. The molecule has 6 nitrogen and oxygen atoms in total. The molecular weight excluding hydrogens is 342 g/mol. The van der Waals surface area contributed by atoms with E-state index in [0.717, 1.165) is 38.9 Å². The lowest BCUT2D eigenvalue weighted by molar-refractivity contribution is -0.0221. The second kappa shape index (κ2) is 9.96. The molecule has 2 fully saturated rings. The van der Waals surface area contributed by atoms with E-state index in [1.807, 2.05) is 13.1 Å². The monoisotopic (exact) mass is 377 g/mol. The normalized spacial score (nSPS) is 30.3. The number of likely N-dealkylation sites (N-methyl/N-ethyl adjacent to an activating group) is 1. The Morgan fingerprint density at radius 3 is 2.56 bits per heavy atom. The number of aliphatic hydroxyl groups excluding tert-OH is 2. The lowest BCUT2D eigenvalue weighted by atomic mass is 10.0. The van der Waals surface area contributed by atoms with Gasteiger partial charge in [0, 0.05) is 19.1 Å². The maximum atomic E-state index is 10.7. The molecule has 6 heteroatoms. The topological polar surface area (TPSA) is 68.2 Å². The summed E-state index contributed by atoms with van der Waals surface area (Å²) in [5.74, 6) is 0. The van der Waals surface area contributed by atoms with Crippen LogP contribution in [0.15, 0.2) is 30.3 Å². The average molecular weight is 378 g/mol. The predicted molar refractivity (Wildman–Crippen MR) is 107 cm³/mol. The van der Waals surface area contributed by atoms with Crippen molar-refractivity contribution in [1.82, 2.24) is 15.1 Å². The van der Waals surface area contributed by atoms with E-state index in [1.54, 1.807) is 0 Å². The highest BCUT2D eigenvalue weighted by Crippen LogP contribution is 2.25. The van der Waals surface area contributed by atoms with E-state index in [0.29, 0.717) is 12.6 Å².